The zero-order valence-electron chi connectivity index (χ0n) is 10.9. The lowest BCUT2D eigenvalue weighted by atomic mass is 10.1. The summed E-state index contributed by atoms with van der Waals surface area (Å²) in [7, 11) is 0. The largest absolute Gasteiger partial charge is 0.478 e. The van der Waals surface area contributed by atoms with E-state index in [1.165, 1.54) is 30.0 Å². The topological polar surface area (TPSA) is 88.0 Å². The lowest BCUT2D eigenvalue weighted by Gasteiger charge is -2.06. The van der Waals surface area contributed by atoms with Gasteiger partial charge in [-0.25, -0.2) is 19.1 Å². The summed E-state index contributed by atoms with van der Waals surface area (Å²) in [5.74, 6) is -1.83. The lowest BCUT2D eigenvalue weighted by Crippen LogP contribution is -2.16. The highest BCUT2D eigenvalue weighted by atomic mass is 32.2. The summed E-state index contributed by atoms with van der Waals surface area (Å²) < 4.78 is 15.6. The van der Waals surface area contributed by atoms with Crippen molar-refractivity contribution in [2.45, 2.75) is 29.8 Å². The first-order valence-corrected chi connectivity index (χ1v) is 7.37. The first kappa shape index (κ1) is 13.9. The zero-order valence-corrected chi connectivity index (χ0v) is 11.7. The molecule has 1 saturated carbocycles. The number of H-pyrrole nitrogens is 1. The van der Waals surface area contributed by atoms with Gasteiger partial charge in [0.25, 0.3) is 0 Å². The molecule has 1 aliphatic rings. The molecule has 1 heterocycles. The fraction of sp³-hybridized carbons (Fsp3) is 0.308. The first-order chi connectivity index (χ1) is 10.1. The third-order valence-corrected chi connectivity index (χ3v) is 4.25. The molecule has 0 amide bonds. The van der Waals surface area contributed by atoms with Crippen LogP contribution in [0.2, 0.25) is 0 Å². The van der Waals surface area contributed by atoms with E-state index >= 15 is 0 Å². The molecule has 3 rings (SSSR count). The van der Waals surface area contributed by atoms with Crippen LogP contribution in [0.1, 0.15) is 34.8 Å². The number of carbonyl (C=O) groups is 1. The molecule has 6 nitrogen and oxygen atoms in total. The van der Waals surface area contributed by atoms with Crippen LogP contribution < -0.4 is 5.69 Å². The second-order valence-corrected chi connectivity index (χ2v) is 5.73. The number of aromatic nitrogens is 3. The Labute approximate surface area is 123 Å². The molecule has 0 aliphatic heterocycles. The fourth-order valence-electron chi connectivity index (χ4n) is 2.05. The van der Waals surface area contributed by atoms with Gasteiger partial charge in [-0.05, 0) is 24.5 Å². The molecule has 1 aromatic carbocycles. The van der Waals surface area contributed by atoms with Gasteiger partial charge in [-0.2, -0.15) is 0 Å². The minimum atomic E-state index is -1.30. The molecule has 1 aromatic heterocycles. The number of benzene rings is 1. The van der Waals surface area contributed by atoms with E-state index in [1.54, 1.807) is 4.57 Å². The van der Waals surface area contributed by atoms with Crippen molar-refractivity contribution < 1.29 is 14.3 Å². The molecule has 0 atom stereocenters. The molecule has 110 valence electrons. The summed E-state index contributed by atoms with van der Waals surface area (Å²) in [6.45, 7) is 0. The average molecular weight is 309 g/mol. The fourth-order valence-corrected chi connectivity index (χ4v) is 3.03. The van der Waals surface area contributed by atoms with E-state index in [1.807, 2.05) is 0 Å². The first-order valence-electron chi connectivity index (χ1n) is 6.38. The van der Waals surface area contributed by atoms with Gasteiger partial charge in [-0.15, -0.1) is 5.10 Å². The highest BCUT2D eigenvalue weighted by Crippen LogP contribution is 2.36. The summed E-state index contributed by atoms with van der Waals surface area (Å²) in [5.41, 5.74) is -0.341. The summed E-state index contributed by atoms with van der Waals surface area (Å²) >= 11 is 1.21. The summed E-state index contributed by atoms with van der Waals surface area (Å²) in [4.78, 5) is 22.5. The standard InChI is InChI=1S/C13H12FN3O3S/c14-10-7(2-1-3-9(10)11(18)19)6-21-13-16-15-12(20)17(13)8-4-5-8/h1-3,8H,4-6H2,(H,15,20)(H,18,19). The van der Waals surface area contributed by atoms with Crippen LogP contribution in [0.15, 0.2) is 28.2 Å². The van der Waals surface area contributed by atoms with Gasteiger partial charge in [0.05, 0.1) is 5.56 Å². The number of thioether (sulfide) groups is 1. The number of hydrogen-bond donors (Lipinski definition) is 2. The maximum Gasteiger partial charge on any atom is 0.344 e. The molecule has 1 fully saturated rings. The summed E-state index contributed by atoms with van der Waals surface area (Å²) in [6, 6.07) is 4.43. The number of aromatic carboxylic acids is 1. The Bertz CT molecular complexity index is 751. The predicted octanol–water partition coefficient (Wildman–Crippen LogP) is 2.04. The van der Waals surface area contributed by atoms with Crippen LogP contribution in [0.3, 0.4) is 0 Å². The minimum absolute atomic E-state index is 0.175. The van der Waals surface area contributed by atoms with Gasteiger partial charge in [0.15, 0.2) is 5.16 Å². The van der Waals surface area contributed by atoms with Crippen LogP contribution in [0.5, 0.6) is 0 Å². The van der Waals surface area contributed by atoms with Gasteiger partial charge < -0.3 is 5.11 Å². The molecule has 2 N–H and O–H groups in total. The van der Waals surface area contributed by atoms with Crippen molar-refractivity contribution >= 4 is 17.7 Å². The van der Waals surface area contributed by atoms with E-state index in [2.05, 4.69) is 10.2 Å². The molecule has 2 aromatic rings. The second kappa shape index (κ2) is 5.36. The summed E-state index contributed by atoms with van der Waals surface area (Å²) in [5, 5.41) is 15.7. The molecule has 0 radical (unpaired) electrons. The zero-order chi connectivity index (χ0) is 15.0. The minimum Gasteiger partial charge on any atom is -0.478 e. The van der Waals surface area contributed by atoms with Crippen LogP contribution in [0.4, 0.5) is 4.39 Å². The molecular formula is C13H12FN3O3S. The van der Waals surface area contributed by atoms with Gasteiger partial charge in [-0.3, -0.25) is 4.57 Å². The Kier molecular flexibility index (Phi) is 3.54. The van der Waals surface area contributed by atoms with Crippen molar-refractivity contribution in [2.75, 3.05) is 0 Å². The van der Waals surface area contributed by atoms with Crippen LogP contribution in [0.25, 0.3) is 0 Å². The number of nitrogens with zero attached hydrogens (tertiary/aromatic N) is 2. The van der Waals surface area contributed by atoms with E-state index in [0.717, 1.165) is 12.8 Å². The number of halogens is 1. The van der Waals surface area contributed by atoms with E-state index in [-0.39, 0.29) is 28.6 Å². The van der Waals surface area contributed by atoms with Gasteiger partial charge in [0, 0.05) is 11.8 Å². The Morgan fingerprint density at radius 1 is 1.52 bits per heavy atom. The van der Waals surface area contributed by atoms with Crippen LogP contribution in [-0.2, 0) is 5.75 Å². The second-order valence-electron chi connectivity index (χ2n) is 4.79. The van der Waals surface area contributed by atoms with Crippen molar-refractivity contribution in [1.82, 2.24) is 14.8 Å². The number of carboxylic acids is 1. The van der Waals surface area contributed by atoms with Gasteiger partial charge in [-0.1, -0.05) is 23.9 Å². The third kappa shape index (κ3) is 2.71. The smallest absolute Gasteiger partial charge is 0.344 e. The van der Waals surface area contributed by atoms with Crippen LogP contribution in [0, 0.1) is 5.82 Å². The Morgan fingerprint density at radius 2 is 2.29 bits per heavy atom. The number of nitrogens with one attached hydrogen (secondary N) is 1. The Hall–Kier alpha value is -2.09. The van der Waals surface area contributed by atoms with E-state index in [9.17, 15) is 14.0 Å². The predicted molar refractivity (Wildman–Crippen MR) is 74.0 cm³/mol. The van der Waals surface area contributed by atoms with Crippen molar-refractivity contribution in [3.8, 4) is 0 Å². The van der Waals surface area contributed by atoms with Crippen LogP contribution >= 0.6 is 11.8 Å². The molecule has 8 heteroatoms. The van der Waals surface area contributed by atoms with Crippen molar-refractivity contribution in [3.63, 3.8) is 0 Å². The monoisotopic (exact) mass is 309 g/mol. The van der Waals surface area contributed by atoms with Gasteiger partial charge in [0.1, 0.15) is 5.82 Å². The molecule has 1 aliphatic carbocycles. The van der Waals surface area contributed by atoms with E-state index in [0.29, 0.717) is 5.16 Å². The molecular weight excluding hydrogens is 297 g/mol. The number of rotatable bonds is 5. The maximum atomic E-state index is 14.0. The third-order valence-electron chi connectivity index (χ3n) is 3.25. The number of hydrogen-bond acceptors (Lipinski definition) is 4. The maximum absolute atomic E-state index is 14.0. The summed E-state index contributed by atoms with van der Waals surface area (Å²) in [6.07, 6.45) is 1.88. The number of carboxylic acid groups (broad SMARTS) is 1. The highest BCUT2D eigenvalue weighted by Gasteiger charge is 2.28. The normalized spacial score (nSPS) is 14.3. The van der Waals surface area contributed by atoms with E-state index < -0.39 is 11.8 Å². The highest BCUT2D eigenvalue weighted by molar-refractivity contribution is 7.98. The van der Waals surface area contributed by atoms with Crippen molar-refractivity contribution in [3.05, 3.63) is 45.6 Å². The molecule has 0 saturated heterocycles. The SMILES string of the molecule is O=C(O)c1cccc(CSc2n[nH]c(=O)n2C2CC2)c1F. The van der Waals surface area contributed by atoms with Crippen LogP contribution in [-0.4, -0.2) is 25.8 Å². The number of aromatic amines is 1. The molecule has 0 bridgehead atoms. The molecule has 0 unspecified atom stereocenters. The van der Waals surface area contributed by atoms with Gasteiger partial charge >= 0.3 is 11.7 Å². The lowest BCUT2D eigenvalue weighted by molar-refractivity contribution is 0.0691. The van der Waals surface area contributed by atoms with E-state index in [4.69, 9.17) is 5.11 Å². The van der Waals surface area contributed by atoms with Crippen molar-refractivity contribution in [2.24, 2.45) is 0 Å². The van der Waals surface area contributed by atoms with Gasteiger partial charge in [0.2, 0.25) is 0 Å². The Balaban J connectivity index is 1.81. The van der Waals surface area contributed by atoms with Crippen molar-refractivity contribution in [1.29, 1.82) is 0 Å². The quantitative estimate of drug-likeness (QED) is 0.825. The average Bonchev–Trinajstić information content (AvgIpc) is 3.21. The molecule has 0 spiro atoms. The molecule has 21 heavy (non-hydrogen) atoms. The Morgan fingerprint density at radius 3 is 2.95 bits per heavy atom.